The van der Waals surface area contributed by atoms with Crippen molar-refractivity contribution in [3.05, 3.63) is 66.4 Å². The third kappa shape index (κ3) is 5.29. The molecule has 1 fully saturated rings. The number of sulfone groups is 1. The molecule has 188 valence electrons. The normalized spacial score (nSPS) is 18.1. The molecule has 35 heavy (non-hydrogen) atoms. The Hall–Kier alpha value is -3.07. The van der Waals surface area contributed by atoms with Crippen molar-refractivity contribution in [2.75, 3.05) is 19.3 Å². The van der Waals surface area contributed by atoms with Crippen molar-refractivity contribution in [1.29, 1.82) is 0 Å². The number of likely N-dealkylation sites (tertiary alicyclic amines) is 1. The average molecular weight is 504 g/mol. The second-order valence-corrected chi connectivity index (χ2v) is 11.9. The van der Waals surface area contributed by atoms with E-state index in [4.69, 9.17) is 14.2 Å². The van der Waals surface area contributed by atoms with Gasteiger partial charge in [0.2, 0.25) is 0 Å². The van der Waals surface area contributed by atoms with Crippen LogP contribution in [0.15, 0.2) is 59.9 Å². The van der Waals surface area contributed by atoms with Crippen molar-refractivity contribution in [3.8, 4) is 11.1 Å². The van der Waals surface area contributed by atoms with Gasteiger partial charge in [-0.25, -0.2) is 17.6 Å². The monoisotopic (exact) mass is 503 g/mol. The molecule has 9 heteroatoms. The topological polar surface area (TPSA) is 82.1 Å². The zero-order chi connectivity index (χ0) is 25.4. The van der Waals surface area contributed by atoms with Gasteiger partial charge in [-0.05, 0) is 69.0 Å². The summed E-state index contributed by atoms with van der Waals surface area (Å²) in [6.45, 7) is 6.37. The van der Waals surface area contributed by atoms with Crippen LogP contribution in [0.1, 0.15) is 39.2 Å². The summed E-state index contributed by atoms with van der Waals surface area (Å²) in [5.41, 5.74) is 1.30. The first-order valence-electron chi connectivity index (χ1n) is 11.5. The van der Waals surface area contributed by atoms with Crippen LogP contribution in [0.4, 0.5) is 9.18 Å². The van der Waals surface area contributed by atoms with E-state index in [0.29, 0.717) is 42.6 Å². The Morgan fingerprint density at radius 3 is 2.20 bits per heavy atom. The van der Waals surface area contributed by atoms with Crippen molar-refractivity contribution < 1.29 is 31.8 Å². The largest absolute Gasteiger partial charge is 0.452 e. The SMILES string of the molecule is CC(C)(C)OC(=O)N1CCC(C2(c3cc(F)ccc3-c3ccc(S(C)(=O)=O)cc3)OC=CO2)CC1. The zero-order valence-corrected chi connectivity index (χ0v) is 21.1. The number of piperidine rings is 1. The van der Waals surface area contributed by atoms with Crippen LogP contribution in [0.2, 0.25) is 0 Å². The molecule has 0 aliphatic carbocycles. The van der Waals surface area contributed by atoms with Gasteiger partial charge < -0.3 is 19.1 Å². The highest BCUT2D eigenvalue weighted by molar-refractivity contribution is 7.90. The van der Waals surface area contributed by atoms with E-state index in [1.807, 2.05) is 20.8 Å². The maximum absolute atomic E-state index is 14.5. The molecule has 2 aromatic rings. The number of rotatable bonds is 4. The minimum atomic E-state index is -3.35. The fourth-order valence-corrected chi connectivity index (χ4v) is 5.16. The lowest BCUT2D eigenvalue weighted by Crippen LogP contribution is -2.47. The Labute approximate surface area is 205 Å². The minimum absolute atomic E-state index is 0.174. The van der Waals surface area contributed by atoms with Crippen LogP contribution in [0.3, 0.4) is 0 Å². The highest BCUT2D eigenvalue weighted by Crippen LogP contribution is 2.47. The van der Waals surface area contributed by atoms with Gasteiger partial charge in [0.1, 0.15) is 23.9 Å². The summed E-state index contributed by atoms with van der Waals surface area (Å²) in [6.07, 6.45) is 4.79. The predicted molar refractivity (Wildman–Crippen MR) is 128 cm³/mol. The van der Waals surface area contributed by atoms with Gasteiger partial charge in [0.05, 0.1) is 4.90 Å². The van der Waals surface area contributed by atoms with Crippen LogP contribution < -0.4 is 0 Å². The molecule has 2 heterocycles. The molecule has 2 aliphatic heterocycles. The molecular formula is C26H30FNO6S. The van der Waals surface area contributed by atoms with Gasteiger partial charge >= 0.3 is 6.09 Å². The Bertz CT molecular complexity index is 1220. The van der Waals surface area contributed by atoms with Crippen molar-refractivity contribution in [2.24, 2.45) is 5.92 Å². The number of halogens is 1. The van der Waals surface area contributed by atoms with E-state index in [1.54, 1.807) is 23.1 Å². The standard InChI is InChI=1S/C26H30FNO6S/c1-25(2,3)34-24(29)28-13-11-19(12-14-28)26(32-15-16-33-26)23-17-20(27)7-10-22(23)18-5-8-21(9-6-18)35(4,30)31/h5-10,15-17,19H,11-14H2,1-4H3. The van der Waals surface area contributed by atoms with Gasteiger partial charge in [-0.2, -0.15) is 0 Å². The molecule has 2 aromatic carbocycles. The lowest BCUT2D eigenvalue weighted by molar-refractivity contribution is -0.200. The van der Waals surface area contributed by atoms with Crippen LogP contribution in [0, 0.1) is 11.7 Å². The summed E-state index contributed by atoms with van der Waals surface area (Å²) in [7, 11) is -3.35. The van der Waals surface area contributed by atoms with Crippen LogP contribution in [-0.2, 0) is 29.8 Å². The number of carbonyl (C=O) groups is 1. The quantitative estimate of drug-likeness (QED) is 0.569. The average Bonchev–Trinajstić information content (AvgIpc) is 3.29. The summed E-state index contributed by atoms with van der Waals surface area (Å²) in [6, 6.07) is 10.8. The molecule has 2 aliphatic rings. The summed E-state index contributed by atoms with van der Waals surface area (Å²) in [5.74, 6) is -1.89. The molecule has 1 amide bonds. The molecule has 0 spiro atoms. The molecule has 0 bridgehead atoms. The molecule has 0 radical (unpaired) electrons. The third-order valence-electron chi connectivity index (χ3n) is 6.18. The molecule has 0 unspecified atom stereocenters. The van der Waals surface area contributed by atoms with E-state index in [2.05, 4.69) is 0 Å². The number of nitrogens with zero attached hydrogens (tertiary/aromatic N) is 1. The lowest BCUT2D eigenvalue weighted by atomic mass is 9.81. The zero-order valence-electron chi connectivity index (χ0n) is 20.3. The van der Waals surface area contributed by atoms with E-state index in [9.17, 15) is 17.6 Å². The van der Waals surface area contributed by atoms with Crippen molar-refractivity contribution in [3.63, 3.8) is 0 Å². The fourth-order valence-electron chi connectivity index (χ4n) is 4.53. The second-order valence-electron chi connectivity index (χ2n) is 9.90. The van der Waals surface area contributed by atoms with Gasteiger partial charge in [0.25, 0.3) is 5.79 Å². The summed E-state index contributed by atoms with van der Waals surface area (Å²) in [5, 5.41) is 0. The van der Waals surface area contributed by atoms with Gasteiger partial charge in [0.15, 0.2) is 9.84 Å². The van der Waals surface area contributed by atoms with Gasteiger partial charge in [-0.3, -0.25) is 0 Å². The van der Waals surface area contributed by atoms with Crippen LogP contribution in [0.5, 0.6) is 0 Å². The Balaban J connectivity index is 1.65. The Morgan fingerprint density at radius 1 is 1.06 bits per heavy atom. The lowest BCUT2D eigenvalue weighted by Gasteiger charge is -2.41. The van der Waals surface area contributed by atoms with E-state index >= 15 is 0 Å². The van der Waals surface area contributed by atoms with E-state index in [-0.39, 0.29) is 16.9 Å². The van der Waals surface area contributed by atoms with Gasteiger partial charge in [-0.1, -0.05) is 18.2 Å². The molecule has 7 nitrogen and oxygen atoms in total. The number of amides is 1. The summed E-state index contributed by atoms with van der Waals surface area (Å²) in [4.78, 5) is 14.4. The van der Waals surface area contributed by atoms with Crippen LogP contribution >= 0.6 is 0 Å². The number of benzene rings is 2. The third-order valence-corrected chi connectivity index (χ3v) is 7.30. The fraction of sp³-hybridized carbons (Fsp3) is 0.423. The van der Waals surface area contributed by atoms with E-state index < -0.39 is 27.0 Å². The molecule has 0 N–H and O–H groups in total. The Kier molecular flexibility index (Phi) is 6.57. The maximum Gasteiger partial charge on any atom is 0.410 e. The highest BCUT2D eigenvalue weighted by atomic mass is 32.2. The van der Waals surface area contributed by atoms with E-state index in [1.165, 1.54) is 36.8 Å². The number of carbonyl (C=O) groups excluding carboxylic acids is 1. The van der Waals surface area contributed by atoms with Gasteiger partial charge in [0, 0.05) is 30.8 Å². The predicted octanol–water partition coefficient (Wildman–Crippen LogP) is 5.21. The molecule has 1 saturated heterocycles. The highest BCUT2D eigenvalue weighted by Gasteiger charge is 2.49. The first-order chi connectivity index (χ1) is 16.4. The smallest absolute Gasteiger partial charge is 0.410 e. The van der Waals surface area contributed by atoms with Crippen molar-refractivity contribution in [1.82, 2.24) is 4.90 Å². The van der Waals surface area contributed by atoms with Crippen molar-refractivity contribution >= 4 is 15.9 Å². The maximum atomic E-state index is 14.5. The number of ether oxygens (including phenoxy) is 3. The van der Waals surface area contributed by atoms with Gasteiger partial charge in [-0.15, -0.1) is 0 Å². The first kappa shape index (κ1) is 25.0. The molecule has 0 atom stereocenters. The molecule has 0 saturated carbocycles. The number of hydrogen-bond donors (Lipinski definition) is 0. The van der Waals surface area contributed by atoms with E-state index in [0.717, 1.165) is 6.26 Å². The second kappa shape index (κ2) is 9.18. The molecular weight excluding hydrogens is 473 g/mol. The minimum Gasteiger partial charge on any atom is -0.452 e. The molecule has 0 aromatic heterocycles. The summed E-state index contributed by atoms with van der Waals surface area (Å²) >= 11 is 0. The summed E-state index contributed by atoms with van der Waals surface area (Å²) < 4.78 is 55.8. The van der Waals surface area contributed by atoms with Crippen LogP contribution in [-0.4, -0.2) is 44.4 Å². The van der Waals surface area contributed by atoms with Crippen LogP contribution in [0.25, 0.3) is 11.1 Å². The number of hydrogen-bond acceptors (Lipinski definition) is 6. The molecule has 4 rings (SSSR count). The first-order valence-corrected chi connectivity index (χ1v) is 13.4. The Morgan fingerprint density at radius 2 is 1.66 bits per heavy atom. The van der Waals surface area contributed by atoms with Crippen molar-refractivity contribution in [2.45, 2.75) is 49.9 Å².